The number of imidazole rings is 1. The van der Waals surface area contributed by atoms with Crippen molar-refractivity contribution in [3.05, 3.63) is 53.3 Å². The van der Waals surface area contributed by atoms with Gasteiger partial charge in [0, 0.05) is 5.41 Å². The molecule has 2 bridgehead atoms. The van der Waals surface area contributed by atoms with E-state index >= 15 is 0 Å². The van der Waals surface area contributed by atoms with Gasteiger partial charge in [0.1, 0.15) is 12.1 Å². The molecule has 3 saturated carbocycles. The second kappa shape index (κ2) is 8.20. The molecule has 2 unspecified atom stereocenters. The fraction of sp³-hybridized carbons (Fsp3) is 0.643. The predicted octanol–water partition coefficient (Wildman–Crippen LogP) is 5.64. The number of rotatable bonds is 5. The van der Waals surface area contributed by atoms with E-state index in [0.29, 0.717) is 17.5 Å². The van der Waals surface area contributed by atoms with Crippen molar-refractivity contribution in [2.45, 2.75) is 94.5 Å². The number of aromatic nitrogens is 3. The molecule has 4 aliphatic carbocycles. The minimum absolute atomic E-state index is 0.249. The highest BCUT2D eigenvalue weighted by molar-refractivity contribution is 5.66. The molecule has 2 aromatic rings. The average molecular weight is 460 g/mol. The third kappa shape index (κ3) is 3.44. The molecule has 2 saturated heterocycles. The molecule has 6 nitrogen and oxygen atoms in total. The molecule has 2 aromatic heterocycles. The number of aromatic amines is 1. The molecule has 6 heteroatoms. The highest BCUT2D eigenvalue weighted by atomic mass is 16.3. The van der Waals surface area contributed by atoms with Crippen LogP contribution in [-0.2, 0) is 5.41 Å². The average Bonchev–Trinajstić information content (AvgIpc) is 3.72. The molecule has 4 heterocycles. The quantitative estimate of drug-likeness (QED) is 0.539. The van der Waals surface area contributed by atoms with Crippen LogP contribution in [0.25, 0.3) is 5.57 Å². The summed E-state index contributed by atoms with van der Waals surface area (Å²) in [4.78, 5) is 13.3. The Morgan fingerprint density at radius 2 is 1.59 bits per heavy atom. The van der Waals surface area contributed by atoms with Crippen molar-refractivity contribution in [2.75, 3.05) is 13.1 Å². The second-order valence-corrected chi connectivity index (χ2v) is 11.5. The van der Waals surface area contributed by atoms with Gasteiger partial charge >= 0.3 is 0 Å². The van der Waals surface area contributed by atoms with Gasteiger partial charge in [-0.25, -0.2) is 9.97 Å². The summed E-state index contributed by atoms with van der Waals surface area (Å²) in [6.07, 6.45) is 23.6. The van der Waals surface area contributed by atoms with E-state index in [1.807, 2.05) is 12.5 Å². The lowest BCUT2D eigenvalue weighted by atomic mass is 9.50. The molecule has 34 heavy (non-hydrogen) atoms. The van der Waals surface area contributed by atoms with Crippen LogP contribution in [-0.4, -0.2) is 28.0 Å². The van der Waals surface area contributed by atoms with Gasteiger partial charge in [0.25, 0.3) is 0 Å². The summed E-state index contributed by atoms with van der Waals surface area (Å²) in [6, 6.07) is 0.730. The summed E-state index contributed by atoms with van der Waals surface area (Å²) < 4.78 is 5.97. The fourth-order valence-electron chi connectivity index (χ4n) is 7.54. The molecule has 2 aliphatic heterocycles. The maximum atomic E-state index is 5.97. The van der Waals surface area contributed by atoms with E-state index in [1.165, 1.54) is 81.2 Å². The maximum absolute atomic E-state index is 5.97. The van der Waals surface area contributed by atoms with Crippen LogP contribution in [0.4, 0.5) is 0 Å². The summed E-state index contributed by atoms with van der Waals surface area (Å²) in [6.45, 7) is 2.19. The number of hydrogen-bond donors (Lipinski definition) is 3. The number of nitrogens with zero attached hydrogens (tertiary/aromatic N) is 2. The Morgan fingerprint density at radius 1 is 0.853 bits per heavy atom. The number of oxazole rings is 1. The van der Waals surface area contributed by atoms with E-state index < -0.39 is 0 Å². The second-order valence-electron chi connectivity index (χ2n) is 11.5. The third-order valence-corrected chi connectivity index (χ3v) is 9.83. The van der Waals surface area contributed by atoms with Crippen molar-refractivity contribution in [1.29, 1.82) is 0 Å². The molecule has 2 atom stereocenters. The minimum Gasteiger partial charge on any atom is -0.447 e. The largest absolute Gasteiger partial charge is 0.447 e. The van der Waals surface area contributed by atoms with E-state index in [9.17, 15) is 0 Å². The fourth-order valence-corrected chi connectivity index (χ4v) is 7.54. The first-order valence-corrected chi connectivity index (χ1v) is 13.6. The summed E-state index contributed by atoms with van der Waals surface area (Å²) >= 11 is 0. The van der Waals surface area contributed by atoms with E-state index in [4.69, 9.17) is 9.40 Å². The van der Waals surface area contributed by atoms with Crippen LogP contribution in [0.15, 0.2) is 34.6 Å². The highest BCUT2D eigenvalue weighted by Crippen LogP contribution is 2.61. The molecule has 0 spiro atoms. The van der Waals surface area contributed by atoms with Gasteiger partial charge in [0.15, 0.2) is 0 Å². The summed E-state index contributed by atoms with van der Waals surface area (Å²) in [5.74, 6) is 2.03. The van der Waals surface area contributed by atoms with Crippen molar-refractivity contribution in [2.24, 2.45) is 5.41 Å². The molecule has 8 rings (SSSR count). The molecule has 0 radical (unpaired) electrons. The van der Waals surface area contributed by atoms with Gasteiger partial charge in [-0.1, -0.05) is 17.7 Å². The number of nitrogens with one attached hydrogen (secondary N) is 3. The third-order valence-electron chi connectivity index (χ3n) is 9.83. The van der Waals surface area contributed by atoms with Gasteiger partial charge in [0.2, 0.25) is 5.89 Å². The van der Waals surface area contributed by atoms with E-state index in [0.717, 1.165) is 37.6 Å². The van der Waals surface area contributed by atoms with Crippen molar-refractivity contribution < 1.29 is 4.42 Å². The van der Waals surface area contributed by atoms with Gasteiger partial charge in [-0.05, 0) is 101 Å². The molecular formula is C28H37N5O. The first-order chi connectivity index (χ1) is 16.7. The van der Waals surface area contributed by atoms with Crippen LogP contribution >= 0.6 is 0 Å². The van der Waals surface area contributed by atoms with Crippen molar-refractivity contribution in [1.82, 2.24) is 25.6 Å². The van der Waals surface area contributed by atoms with Gasteiger partial charge < -0.3 is 20.0 Å². The van der Waals surface area contributed by atoms with Crippen molar-refractivity contribution in [3.8, 4) is 0 Å². The lowest BCUT2D eigenvalue weighted by molar-refractivity contribution is 0.0643. The normalized spacial score (nSPS) is 35.5. The van der Waals surface area contributed by atoms with Gasteiger partial charge in [-0.15, -0.1) is 0 Å². The van der Waals surface area contributed by atoms with E-state index in [-0.39, 0.29) is 5.41 Å². The van der Waals surface area contributed by atoms with Crippen LogP contribution in [0.2, 0.25) is 0 Å². The zero-order chi connectivity index (χ0) is 22.6. The van der Waals surface area contributed by atoms with Crippen LogP contribution in [0, 0.1) is 5.41 Å². The predicted molar refractivity (Wildman–Crippen MR) is 132 cm³/mol. The number of allylic oxidation sites excluding steroid dienone is 4. The lowest BCUT2D eigenvalue weighted by Gasteiger charge is -2.54. The van der Waals surface area contributed by atoms with Crippen LogP contribution in [0.3, 0.4) is 0 Å². The molecule has 3 N–H and O–H groups in total. The summed E-state index contributed by atoms with van der Waals surface area (Å²) in [5, 5.41) is 7.08. The zero-order valence-corrected chi connectivity index (χ0v) is 20.2. The molecule has 5 fully saturated rings. The Kier molecular flexibility index (Phi) is 5.09. The van der Waals surface area contributed by atoms with Crippen LogP contribution < -0.4 is 10.6 Å². The number of fused-ring (bicyclic) bond motifs is 3. The zero-order valence-electron chi connectivity index (χ0n) is 20.2. The Balaban J connectivity index is 1.05. The molecule has 0 amide bonds. The SMILES string of the molecule is C1=C(c2cnc(C3CCCN3)[nH]2)CCC(C23CCC(c4coc(C5CCCN5)n4)(CC2)CC3)=C1. The molecular weight excluding hydrogens is 422 g/mol. The number of H-pyrrole nitrogens is 1. The first kappa shape index (κ1) is 21.1. The van der Waals surface area contributed by atoms with Crippen molar-refractivity contribution >= 4 is 5.57 Å². The standard InChI is InChI=1S/C28H37N5O/c1-3-21(29-15-1)25-31-17-23(32-25)19-5-7-20(8-6-19)27-9-12-28(13-10-27,14-11-27)24-18-34-26(33-24)22-4-2-16-30-22/h5,7,17-18,21-22,29-30H,1-4,6,8-16H2,(H,31,32). The Bertz CT molecular complexity index is 1090. The number of hydrogen-bond acceptors (Lipinski definition) is 5. The topological polar surface area (TPSA) is 78.8 Å². The van der Waals surface area contributed by atoms with Gasteiger partial charge in [-0.2, -0.15) is 0 Å². The molecule has 0 aromatic carbocycles. The Labute approximate surface area is 202 Å². The van der Waals surface area contributed by atoms with Gasteiger partial charge in [0.05, 0.1) is 29.7 Å². The van der Waals surface area contributed by atoms with Crippen molar-refractivity contribution in [3.63, 3.8) is 0 Å². The van der Waals surface area contributed by atoms with Crippen LogP contribution in [0.1, 0.15) is 112 Å². The Morgan fingerprint density at radius 3 is 2.26 bits per heavy atom. The summed E-state index contributed by atoms with van der Waals surface area (Å²) in [5.41, 5.74) is 6.21. The first-order valence-electron chi connectivity index (χ1n) is 13.6. The Hall–Kier alpha value is -2.18. The molecule has 180 valence electrons. The lowest BCUT2D eigenvalue weighted by Crippen LogP contribution is -2.45. The van der Waals surface area contributed by atoms with Crippen LogP contribution in [0.5, 0.6) is 0 Å². The summed E-state index contributed by atoms with van der Waals surface area (Å²) in [7, 11) is 0. The highest BCUT2D eigenvalue weighted by Gasteiger charge is 2.52. The molecule has 6 aliphatic rings. The smallest absolute Gasteiger partial charge is 0.211 e. The maximum Gasteiger partial charge on any atom is 0.211 e. The monoisotopic (exact) mass is 459 g/mol. The van der Waals surface area contributed by atoms with E-state index in [2.05, 4.69) is 32.8 Å². The minimum atomic E-state index is 0.249. The van der Waals surface area contributed by atoms with E-state index in [1.54, 1.807) is 5.57 Å². The van der Waals surface area contributed by atoms with Gasteiger partial charge in [-0.3, -0.25) is 0 Å².